The first-order chi connectivity index (χ1) is 17.9. The highest BCUT2D eigenvalue weighted by atomic mass is 19.1. The zero-order valence-electron chi connectivity index (χ0n) is 21.0. The molecular weight excluding hydrogens is 480 g/mol. The molecule has 1 saturated heterocycles. The highest BCUT2D eigenvalue weighted by molar-refractivity contribution is 5.88. The van der Waals surface area contributed by atoms with Crippen LogP contribution in [0.25, 0.3) is 5.69 Å². The van der Waals surface area contributed by atoms with Gasteiger partial charge in [0.1, 0.15) is 17.5 Å². The molecule has 1 aliphatic heterocycles. The van der Waals surface area contributed by atoms with E-state index in [1.807, 2.05) is 0 Å². The van der Waals surface area contributed by atoms with Crippen molar-refractivity contribution in [3.63, 3.8) is 0 Å². The summed E-state index contributed by atoms with van der Waals surface area (Å²) in [5.41, 5.74) is 5.39. The van der Waals surface area contributed by atoms with Crippen LogP contribution in [0.5, 0.6) is 0 Å². The van der Waals surface area contributed by atoms with Crippen LogP contribution >= 0.6 is 0 Å². The van der Waals surface area contributed by atoms with Crippen molar-refractivity contribution in [3.8, 4) is 5.69 Å². The third-order valence-corrected chi connectivity index (χ3v) is 7.66. The lowest BCUT2D eigenvalue weighted by atomic mass is 9.90. The van der Waals surface area contributed by atoms with Crippen LogP contribution in [-0.4, -0.2) is 70.2 Å². The van der Waals surface area contributed by atoms with Gasteiger partial charge in [0.25, 0.3) is 0 Å². The average molecular weight is 516 g/mol. The van der Waals surface area contributed by atoms with E-state index in [0.717, 1.165) is 49.6 Å². The number of nitrogens with one attached hydrogen (secondary N) is 2. The van der Waals surface area contributed by atoms with Gasteiger partial charge in [-0.1, -0.05) is 0 Å². The highest BCUT2D eigenvalue weighted by Gasteiger charge is 2.31. The number of rotatable bonds is 7. The molecule has 5 rings (SSSR count). The minimum absolute atomic E-state index is 0.0141. The van der Waals surface area contributed by atoms with E-state index in [2.05, 4.69) is 20.5 Å². The second kappa shape index (κ2) is 11.2. The largest absolute Gasteiger partial charge is 0.354 e. The number of aromatic nitrogens is 2. The number of nitrogens with zero attached hydrogens (tertiary/aromatic N) is 4. The highest BCUT2D eigenvalue weighted by Crippen LogP contribution is 2.34. The first-order valence-corrected chi connectivity index (χ1v) is 13.2. The SMILES string of the molecule is NC1CCC(N(Cc2c(F)cc(-n3ccc(NC(=O)N4CCNCC4)nc3=O)cc2F)CC2CC2)CC1. The van der Waals surface area contributed by atoms with Crippen molar-refractivity contribution in [3.05, 3.63) is 52.1 Å². The quantitative estimate of drug-likeness (QED) is 0.523. The van der Waals surface area contributed by atoms with E-state index in [1.54, 1.807) is 4.90 Å². The molecule has 2 heterocycles. The van der Waals surface area contributed by atoms with Gasteiger partial charge in [-0.2, -0.15) is 4.98 Å². The molecule has 4 N–H and O–H groups in total. The molecule has 0 bridgehead atoms. The smallest absolute Gasteiger partial charge is 0.328 e. The van der Waals surface area contributed by atoms with Crippen LogP contribution in [0, 0.1) is 17.6 Å². The molecule has 2 saturated carbocycles. The van der Waals surface area contributed by atoms with Crippen molar-refractivity contribution in [1.82, 2.24) is 24.7 Å². The molecule has 0 unspecified atom stereocenters. The summed E-state index contributed by atoms with van der Waals surface area (Å²) in [5, 5.41) is 5.77. The fourth-order valence-electron chi connectivity index (χ4n) is 5.25. The van der Waals surface area contributed by atoms with E-state index in [9.17, 15) is 9.59 Å². The number of hydrogen-bond donors (Lipinski definition) is 3. The Morgan fingerprint density at radius 1 is 1.11 bits per heavy atom. The van der Waals surface area contributed by atoms with Gasteiger partial charge in [0, 0.05) is 63.1 Å². The molecule has 9 nitrogen and oxygen atoms in total. The fourth-order valence-corrected chi connectivity index (χ4v) is 5.25. The lowest BCUT2D eigenvalue weighted by Gasteiger charge is -2.36. The average Bonchev–Trinajstić information content (AvgIpc) is 3.71. The van der Waals surface area contributed by atoms with Gasteiger partial charge in [-0.3, -0.25) is 14.8 Å². The van der Waals surface area contributed by atoms with E-state index < -0.39 is 17.3 Å². The summed E-state index contributed by atoms with van der Waals surface area (Å²) in [6.45, 7) is 3.54. The molecule has 3 fully saturated rings. The second-order valence-corrected chi connectivity index (χ2v) is 10.5. The summed E-state index contributed by atoms with van der Waals surface area (Å²) in [6, 6.07) is 3.92. The number of piperazine rings is 1. The van der Waals surface area contributed by atoms with Gasteiger partial charge in [-0.05, 0) is 62.6 Å². The Bertz CT molecular complexity index is 1150. The number of halogens is 2. The Morgan fingerprint density at radius 3 is 2.41 bits per heavy atom. The molecule has 1 aromatic heterocycles. The molecule has 2 aliphatic carbocycles. The summed E-state index contributed by atoms with van der Waals surface area (Å²) in [5.74, 6) is -0.695. The number of anilines is 1. The van der Waals surface area contributed by atoms with Gasteiger partial charge in [-0.15, -0.1) is 0 Å². The molecule has 2 amide bonds. The van der Waals surface area contributed by atoms with Crippen molar-refractivity contribution in [2.75, 3.05) is 38.0 Å². The number of urea groups is 1. The molecule has 0 atom stereocenters. The van der Waals surface area contributed by atoms with Gasteiger partial charge in [0.2, 0.25) is 0 Å². The van der Waals surface area contributed by atoms with Crippen molar-refractivity contribution in [2.24, 2.45) is 11.7 Å². The van der Waals surface area contributed by atoms with Crippen molar-refractivity contribution in [2.45, 2.75) is 57.2 Å². The summed E-state index contributed by atoms with van der Waals surface area (Å²) < 4.78 is 31.5. The summed E-state index contributed by atoms with van der Waals surface area (Å²) in [6.07, 6.45) is 7.42. The monoisotopic (exact) mass is 515 g/mol. The summed E-state index contributed by atoms with van der Waals surface area (Å²) in [4.78, 5) is 32.8. The number of carbonyl (C=O) groups excluding carboxylic acids is 1. The Kier molecular flexibility index (Phi) is 7.82. The predicted molar refractivity (Wildman–Crippen MR) is 137 cm³/mol. The number of hydrogen-bond acceptors (Lipinski definition) is 6. The van der Waals surface area contributed by atoms with E-state index in [-0.39, 0.29) is 41.7 Å². The van der Waals surface area contributed by atoms with E-state index >= 15 is 8.78 Å². The van der Waals surface area contributed by atoms with Gasteiger partial charge in [-0.25, -0.2) is 18.4 Å². The Balaban J connectivity index is 1.31. The second-order valence-electron chi connectivity index (χ2n) is 10.5. The molecule has 37 heavy (non-hydrogen) atoms. The zero-order valence-corrected chi connectivity index (χ0v) is 21.0. The van der Waals surface area contributed by atoms with Crippen LogP contribution in [-0.2, 0) is 6.54 Å². The lowest BCUT2D eigenvalue weighted by molar-refractivity contribution is 0.133. The third kappa shape index (κ3) is 6.34. The first-order valence-electron chi connectivity index (χ1n) is 13.2. The van der Waals surface area contributed by atoms with Crippen LogP contribution in [0.3, 0.4) is 0 Å². The lowest BCUT2D eigenvalue weighted by Crippen LogP contribution is -2.48. The number of amides is 2. The van der Waals surface area contributed by atoms with Gasteiger partial charge in [0.05, 0.1) is 5.69 Å². The third-order valence-electron chi connectivity index (χ3n) is 7.66. The molecule has 0 radical (unpaired) electrons. The topological polar surface area (TPSA) is 109 Å². The van der Waals surface area contributed by atoms with Crippen LogP contribution in [0.4, 0.5) is 19.4 Å². The minimum atomic E-state index is -0.737. The Morgan fingerprint density at radius 2 is 1.78 bits per heavy atom. The van der Waals surface area contributed by atoms with Crippen LogP contribution in [0.1, 0.15) is 44.1 Å². The maximum absolute atomic E-state index is 15.2. The van der Waals surface area contributed by atoms with E-state index in [1.165, 1.54) is 24.4 Å². The van der Waals surface area contributed by atoms with Crippen LogP contribution < -0.4 is 22.1 Å². The number of nitrogens with two attached hydrogens (primary N) is 1. The van der Waals surface area contributed by atoms with E-state index in [0.29, 0.717) is 32.1 Å². The van der Waals surface area contributed by atoms with Gasteiger partial charge >= 0.3 is 11.7 Å². The molecule has 11 heteroatoms. The Hall–Kier alpha value is -2.89. The van der Waals surface area contributed by atoms with Crippen molar-refractivity contribution in [1.29, 1.82) is 0 Å². The van der Waals surface area contributed by atoms with E-state index in [4.69, 9.17) is 5.73 Å². The van der Waals surface area contributed by atoms with Crippen LogP contribution in [0.15, 0.2) is 29.2 Å². The number of carbonyl (C=O) groups is 1. The molecule has 0 spiro atoms. The van der Waals surface area contributed by atoms with Crippen LogP contribution in [0.2, 0.25) is 0 Å². The minimum Gasteiger partial charge on any atom is -0.328 e. The first kappa shape index (κ1) is 25.7. The summed E-state index contributed by atoms with van der Waals surface area (Å²) in [7, 11) is 0. The molecule has 1 aromatic carbocycles. The fraction of sp³-hybridized carbons (Fsp3) is 0.577. The molecule has 2 aromatic rings. The molecule has 3 aliphatic rings. The maximum atomic E-state index is 15.2. The van der Waals surface area contributed by atoms with Gasteiger partial charge in [0.15, 0.2) is 0 Å². The zero-order chi connectivity index (χ0) is 25.9. The molecule has 200 valence electrons. The van der Waals surface area contributed by atoms with Gasteiger partial charge < -0.3 is 16.0 Å². The normalized spacial score (nSPS) is 22.3. The number of benzene rings is 1. The predicted octanol–water partition coefficient (Wildman–Crippen LogP) is 2.43. The van der Waals surface area contributed by atoms with Crippen molar-refractivity contribution >= 4 is 11.8 Å². The Labute approximate surface area is 215 Å². The standard InChI is InChI=1S/C26H35F2N7O2/c27-22-13-20(35-10-7-24(32-26(35)37)31-25(36)33-11-8-30-9-12-33)14-23(28)21(22)16-34(15-17-1-2-17)19-5-3-18(29)4-6-19/h7,10,13-14,17-19,30H,1-6,8-9,11-12,15-16,29H2,(H,31,32,36,37). The molecular formula is C26H35F2N7O2. The van der Waals surface area contributed by atoms with Crippen molar-refractivity contribution < 1.29 is 13.6 Å². The maximum Gasteiger partial charge on any atom is 0.354 e. The summed E-state index contributed by atoms with van der Waals surface area (Å²) >= 11 is 0.